The molecule has 2 aliphatic carbocycles. The zero-order chi connectivity index (χ0) is 31.6. The molecule has 7 N–H and O–H groups in total. The van der Waals surface area contributed by atoms with Gasteiger partial charge < -0.3 is 40.6 Å². The van der Waals surface area contributed by atoms with E-state index in [1.165, 1.54) is 12.8 Å². The maximum Gasteiger partial charge on any atom is 0.247 e. The minimum Gasteiger partial charge on any atom is -0.394 e. The fourth-order valence-electron chi connectivity index (χ4n) is 5.67. The molecule has 0 radical (unpaired) electrons. The molecule has 240 valence electrons. The molecular weight excluding hydrogens is 611 g/mol. The van der Waals surface area contributed by atoms with Crippen molar-refractivity contribution >= 4 is 46.4 Å². The summed E-state index contributed by atoms with van der Waals surface area (Å²) in [4.78, 5) is 30.5. The van der Waals surface area contributed by atoms with Gasteiger partial charge in [-0.3, -0.25) is 14.9 Å². The topological polar surface area (TPSA) is 166 Å². The molecule has 5 rings (SSSR count). The van der Waals surface area contributed by atoms with Crippen LogP contribution in [0.2, 0.25) is 10.0 Å². The summed E-state index contributed by atoms with van der Waals surface area (Å²) in [5.41, 5.74) is 2.83. The molecule has 2 saturated carbocycles. The van der Waals surface area contributed by atoms with E-state index in [1.807, 2.05) is 23.1 Å². The van der Waals surface area contributed by atoms with Gasteiger partial charge in [0.15, 0.2) is 0 Å². The van der Waals surface area contributed by atoms with E-state index in [-0.39, 0.29) is 25.3 Å². The summed E-state index contributed by atoms with van der Waals surface area (Å²) in [6, 6.07) is 12.1. The average molecular weight is 652 g/mol. The number of nitrogens with one attached hydrogen (secondary N) is 2. The minimum atomic E-state index is -1.77. The zero-order valence-electron chi connectivity index (χ0n) is 24.3. The molecule has 2 aromatic carbocycles. The number of hydrogen-bond donors (Lipinski definition) is 7. The van der Waals surface area contributed by atoms with Gasteiger partial charge in [0.2, 0.25) is 11.8 Å². The van der Waals surface area contributed by atoms with Crippen LogP contribution in [0, 0.1) is 0 Å². The first kappa shape index (κ1) is 32.9. The summed E-state index contributed by atoms with van der Waals surface area (Å²) in [7, 11) is 0. The maximum absolute atomic E-state index is 13.8. The molecule has 1 aliphatic heterocycles. The van der Waals surface area contributed by atoms with E-state index >= 15 is 0 Å². The number of carbonyl (C=O) groups excluding carboxylic acids is 2. The number of fused-ring (bicyclic) bond motifs is 1. The molecule has 13 heteroatoms. The number of rotatable bonds is 14. The molecule has 3 aliphatic rings. The van der Waals surface area contributed by atoms with Crippen molar-refractivity contribution < 1.29 is 35.1 Å². The molecule has 0 unspecified atom stereocenters. The fraction of sp³-hybridized carbons (Fsp3) is 0.548. The van der Waals surface area contributed by atoms with Crippen molar-refractivity contribution in [3.8, 4) is 0 Å². The van der Waals surface area contributed by atoms with Crippen LogP contribution in [0.25, 0.3) is 0 Å². The van der Waals surface area contributed by atoms with Crippen molar-refractivity contribution in [2.75, 3.05) is 36.0 Å². The lowest BCUT2D eigenvalue weighted by atomic mass is 10.0. The molecule has 0 aromatic heterocycles. The standard InChI is InChI=1S/C31H40Cl2N4O7/c32-21-14-19(22(33)13-18(21)5-8-27(41)34-16-25(39)28(42)29(43)26(40)17-38)15-35-31(9-10-31)30(44)37-12-11-36(20-6-7-20)23-3-1-2-4-24(23)37/h1-4,13-14,20,25-26,28-29,35,38-40,42-43H,5-12,15-17H2,(H,34,41)/t25-,26+,28+,29+/m0/s1. The van der Waals surface area contributed by atoms with Crippen LogP contribution in [-0.2, 0) is 22.6 Å². The number of aliphatic hydroxyl groups excluding tert-OH is 5. The number of benzene rings is 2. The van der Waals surface area contributed by atoms with Crippen LogP contribution in [0.15, 0.2) is 36.4 Å². The van der Waals surface area contributed by atoms with E-state index in [0.717, 1.165) is 36.3 Å². The number of hydrogen-bond acceptors (Lipinski definition) is 9. The Kier molecular flexibility index (Phi) is 10.4. The van der Waals surface area contributed by atoms with Gasteiger partial charge in [0.05, 0.1) is 29.6 Å². The van der Waals surface area contributed by atoms with E-state index in [4.69, 9.17) is 28.3 Å². The Balaban J connectivity index is 1.13. The first-order chi connectivity index (χ1) is 21.0. The molecular formula is C31H40Cl2N4O7. The van der Waals surface area contributed by atoms with Crippen molar-refractivity contribution in [3.63, 3.8) is 0 Å². The predicted molar refractivity (Wildman–Crippen MR) is 167 cm³/mol. The second-order valence-electron chi connectivity index (χ2n) is 11.9. The fourth-order valence-corrected chi connectivity index (χ4v) is 6.20. The van der Waals surface area contributed by atoms with E-state index in [0.29, 0.717) is 34.7 Å². The third kappa shape index (κ3) is 7.32. The SMILES string of the molecule is O=C(CCc1cc(Cl)c(CNC2(C(=O)N3CCN(C4CC4)c4ccccc43)CC2)cc1Cl)NC[C@H](O)[C@@H](O)[C@H](O)[C@H](O)CO. The maximum atomic E-state index is 13.8. The normalized spacial score (nSPS) is 20.0. The number of aliphatic hydroxyl groups is 5. The molecule has 2 amide bonds. The number of aryl methyl sites for hydroxylation is 1. The summed E-state index contributed by atoms with van der Waals surface area (Å²) in [5.74, 6) is -0.359. The number of carbonyl (C=O) groups is 2. The predicted octanol–water partition coefficient (Wildman–Crippen LogP) is 1.12. The van der Waals surface area contributed by atoms with Gasteiger partial charge in [-0.15, -0.1) is 0 Å². The number of anilines is 2. The summed E-state index contributed by atoms with van der Waals surface area (Å²) >= 11 is 13.1. The molecule has 1 heterocycles. The first-order valence-electron chi connectivity index (χ1n) is 15.0. The van der Waals surface area contributed by atoms with E-state index < -0.39 is 42.5 Å². The van der Waals surface area contributed by atoms with Crippen LogP contribution in [0.5, 0.6) is 0 Å². The van der Waals surface area contributed by atoms with Gasteiger partial charge in [-0.25, -0.2) is 0 Å². The summed E-state index contributed by atoms with van der Waals surface area (Å²) in [6.45, 7) is 0.674. The monoisotopic (exact) mass is 650 g/mol. The second kappa shape index (κ2) is 13.9. The van der Waals surface area contributed by atoms with Crippen molar-refractivity contribution in [2.45, 2.75) is 81.1 Å². The third-order valence-corrected chi connectivity index (χ3v) is 9.43. The van der Waals surface area contributed by atoms with Crippen molar-refractivity contribution in [3.05, 3.63) is 57.6 Å². The minimum absolute atomic E-state index is 0.0192. The second-order valence-corrected chi connectivity index (χ2v) is 12.8. The number of amides is 2. The molecule has 2 aromatic rings. The van der Waals surface area contributed by atoms with Gasteiger partial charge in [-0.1, -0.05) is 35.3 Å². The quantitative estimate of drug-likeness (QED) is 0.159. The molecule has 0 spiro atoms. The smallest absolute Gasteiger partial charge is 0.247 e. The van der Waals surface area contributed by atoms with Gasteiger partial charge in [-0.2, -0.15) is 0 Å². The largest absolute Gasteiger partial charge is 0.394 e. The van der Waals surface area contributed by atoms with Crippen LogP contribution in [-0.4, -0.2) is 99.6 Å². The van der Waals surface area contributed by atoms with Crippen LogP contribution in [0.3, 0.4) is 0 Å². The molecule has 4 atom stereocenters. The Morgan fingerprint density at radius 2 is 1.57 bits per heavy atom. The van der Waals surface area contributed by atoms with Gasteiger partial charge in [0, 0.05) is 48.7 Å². The van der Waals surface area contributed by atoms with Gasteiger partial charge >= 0.3 is 0 Å². The number of halogens is 2. The molecule has 11 nitrogen and oxygen atoms in total. The highest BCUT2D eigenvalue weighted by Gasteiger charge is 2.52. The van der Waals surface area contributed by atoms with Crippen LogP contribution < -0.4 is 20.4 Å². The highest BCUT2D eigenvalue weighted by Crippen LogP contribution is 2.44. The Morgan fingerprint density at radius 1 is 0.932 bits per heavy atom. The van der Waals surface area contributed by atoms with E-state index in [2.05, 4.69) is 21.6 Å². The van der Waals surface area contributed by atoms with E-state index in [1.54, 1.807) is 12.1 Å². The van der Waals surface area contributed by atoms with Gasteiger partial charge in [0.25, 0.3) is 0 Å². The molecule has 2 fully saturated rings. The van der Waals surface area contributed by atoms with Crippen molar-refractivity contribution in [1.29, 1.82) is 0 Å². The molecule has 44 heavy (non-hydrogen) atoms. The van der Waals surface area contributed by atoms with Crippen LogP contribution >= 0.6 is 23.2 Å². The lowest BCUT2D eigenvalue weighted by Gasteiger charge is -2.39. The number of nitrogens with zero attached hydrogens (tertiary/aromatic N) is 2. The average Bonchev–Trinajstić information content (AvgIpc) is 3.97. The highest BCUT2D eigenvalue weighted by molar-refractivity contribution is 6.34. The van der Waals surface area contributed by atoms with Gasteiger partial charge in [-0.05, 0) is 67.5 Å². The molecule has 0 bridgehead atoms. The first-order valence-corrected chi connectivity index (χ1v) is 15.8. The number of para-hydroxylation sites is 2. The lowest BCUT2D eigenvalue weighted by Crippen LogP contribution is -2.53. The Labute approximate surface area is 266 Å². The third-order valence-electron chi connectivity index (χ3n) is 8.73. The summed E-state index contributed by atoms with van der Waals surface area (Å²) in [6.07, 6.45) is -2.55. The Hall–Kier alpha value is -2.48. The van der Waals surface area contributed by atoms with Crippen LogP contribution in [0.1, 0.15) is 43.2 Å². The van der Waals surface area contributed by atoms with Crippen LogP contribution in [0.4, 0.5) is 11.4 Å². The van der Waals surface area contributed by atoms with Crippen molar-refractivity contribution in [1.82, 2.24) is 10.6 Å². The molecule has 0 saturated heterocycles. The Bertz CT molecular complexity index is 1360. The lowest BCUT2D eigenvalue weighted by molar-refractivity contribution is -0.126. The van der Waals surface area contributed by atoms with Crippen molar-refractivity contribution in [2.24, 2.45) is 0 Å². The highest BCUT2D eigenvalue weighted by atomic mass is 35.5. The van der Waals surface area contributed by atoms with E-state index in [9.17, 15) is 30.0 Å². The summed E-state index contributed by atoms with van der Waals surface area (Å²) < 4.78 is 0. The Morgan fingerprint density at radius 3 is 2.23 bits per heavy atom. The summed E-state index contributed by atoms with van der Waals surface area (Å²) in [5, 5.41) is 54.6. The van der Waals surface area contributed by atoms with Gasteiger partial charge in [0.1, 0.15) is 18.3 Å². The zero-order valence-corrected chi connectivity index (χ0v) is 25.8.